The lowest BCUT2D eigenvalue weighted by atomic mass is 9.90. The quantitative estimate of drug-likeness (QED) is 0.436. The molecule has 0 amide bonds. The number of rotatable bonds is 2. The highest BCUT2D eigenvalue weighted by molar-refractivity contribution is 14.1. The SMILES string of the molecule is CC(C)C1(CI)CCC(=O)O1. The van der Waals surface area contributed by atoms with Crippen LogP contribution < -0.4 is 0 Å². The molecule has 0 aromatic rings. The molecule has 1 heterocycles. The number of halogens is 1. The molecular formula is C8H13IO2. The Balaban J connectivity index is 2.70. The van der Waals surface area contributed by atoms with Crippen LogP contribution in [0.4, 0.5) is 0 Å². The molecule has 1 aliphatic heterocycles. The fraction of sp³-hybridized carbons (Fsp3) is 0.875. The van der Waals surface area contributed by atoms with Gasteiger partial charge in [-0.05, 0) is 12.3 Å². The van der Waals surface area contributed by atoms with Crippen molar-refractivity contribution in [2.75, 3.05) is 4.43 Å². The summed E-state index contributed by atoms with van der Waals surface area (Å²) in [4.78, 5) is 10.9. The Kier molecular flexibility index (Phi) is 2.78. The fourth-order valence-electron chi connectivity index (χ4n) is 1.30. The molecule has 11 heavy (non-hydrogen) atoms. The average Bonchev–Trinajstić information content (AvgIpc) is 2.33. The molecule has 0 radical (unpaired) electrons. The van der Waals surface area contributed by atoms with Gasteiger partial charge in [-0.1, -0.05) is 36.4 Å². The molecule has 64 valence electrons. The van der Waals surface area contributed by atoms with Gasteiger partial charge in [0.05, 0.1) is 0 Å². The minimum Gasteiger partial charge on any atom is -0.458 e. The number of ether oxygens (including phenoxy) is 1. The second-order valence-corrected chi connectivity index (χ2v) is 4.09. The monoisotopic (exact) mass is 268 g/mol. The van der Waals surface area contributed by atoms with E-state index < -0.39 is 0 Å². The molecule has 1 rings (SSSR count). The molecule has 0 saturated carbocycles. The summed E-state index contributed by atoms with van der Waals surface area (Å²) in [6.07, 6.45) is 1.49. The molecule has 2 nitrogen and oxygen atoms in total. The standard InChI is InChI=1S/C8H13IO2/c1-6(2)8(5-9)4-3-7(10)11-8/h6H,3-5H2,1-2H3. The number of hydrogen-bond acceptors (Lipinski definition) is 2. The van der Waals surface area contributed by atoms with Gasteiger partial charge in [-0.2, -0.15) is 0 Å². The Morgan fingerprint density at radius 1 is 1.73 bits per heavy atom. The zero-order chi connectivity index (χ0) is 8.48. The summed E-state index contributed by atoms with van der Waals surface area (Å²) in [6, 6.07) is 0. The molecule has 0 aromatic carbocycles. The van der Waals surface area contributed by atoms with Crippen LogP contribution in [-0.2, 0) is 9.53 Å². The molecule has 1 unspecified atom stereocenters. The van der Waals surface area contributed by atoms with Crippen LogP contribution in [0.3, 0.4) is 0 Å². The predicted molar refractivity (Wildman–Crippen MR) is 51.8 cm³/mol. The van der Waals surface area contributed by atoms with Gasteiger partial charge in [-0.3, -0.25) is 4.79 Å². The molecule has 0 aliphatic carbocycles. The van der Waals surface area contributed by atoms with Crippen molar-refractivity contribution >= 4 is 28.6 Å². The van der Waals surface area contributed by atoms with Gasteiger partial charge < -0.3 is 4.74 Å². The highest BCUT2D eigenvalue weighted by atomic mass is 127. The van der Waals surface area contributed by atoms with Crippen LogP contribution in [0.2, 0.25) is 0 Å². The second kappa shape index (κ2) is 3.29. The number of alkyl halides is 1. The molecule has 0 bridgehead atoms. The van der Waals surface area contributed by atoms with Crippen molar-refractivity contribution in [2.24, 2.45) is 5.92 Å². The van der Waals surface area contributed by atoms with E-state index in [9.17, 15) is 4.79 Å². The third kappa shape index (κ3) is 1.68. The van der Waals surface area contributed by atoms with Gasteiger partial charge in [0.2, 0.25) is 0 Å². The molecule has 3 heteroatoms. The summed E-state index contributed by atoms with van der Waals surface area (Å²) in [5.74, 6) is 0.404. The molecule has 1 fully saturated rings. The van der Waals surface area contributed by atoms with Crippen molar-refractivity contribution in [1.82, 2.24) is 0 Å². The maximum Gasteiger partial charge on any atom is 0.306 e. The number of hydrogen-bond donors (Lipinski definition) is 0. The van der Waals surface area contributed by atoms with Crippen LogP contribution >= 0.6 is 22.6 Å². The van der Waals surface area contributed by atoms with Gasteiger partial charge in [0.15, 0.2) is 0 Å². The Labute approximate surface area is 80.8 Å². The van der Waals surface area contributed by atoms with E-state index in [1.54, 1.807) is 0 Å². The van der Waals surface area contributed by atoms with Crippen LogP contribution in [0.15, 0.2) is 0 Å². The second-order valence-electron chi connectivity index (χ2n) is 3.33. The normalized spacial score (nSPS) is 31.1. The van der Waals surface area contributed by atoms with Crippen LogP contribution in [0.25, 0.3) is 0 Å². The van der Waals surface area contributed by atoms with Crippen molar-refractivity contribution in [2.45, 2.75) is 32.3 Å². The summed E-state index contributed by atoms with van der Waals surface area (Å²) in [7, 11) is 0. The van der Waals surface area contributed by atoms with Crippen molar-refractivity contribution in [3.63, 3.8) is 0 Å². The maximum atomic E-state index is 10.9. The smallest absolute Gasteiger partial charge is 0.306 e. The first kappa shape index (κ1) is 9.29. The Bertz CT molecular complexity index is 167. The fourth-order valence-corrected chi connectivity index (χ4v) is 2.72. The average molecular weight is 268 g/mol. The molecule has 0 N–H and O–H groups in total. The molecule has 1 aliphatic rings. The number of cyclic esters (lactones) is 1. The number of esters is 1. The Hall–Kier alpha value is 0.200. The summed E-state index contributed by atoms with van der Waals surface area (Å²) in [5, 5.41) is 0. The van der Waals surface area contributed by atoms with Gasteiger partial charge in [0.1, 0.15) is 5.60 Å². The van der Waals surface area contributed by atoms with Gasteiger partial charge in [-0.15, -0.1) is 0 Å². The summed E-state index contributed by atoms with van der Waals surface area (Å²) in [6.45, 7) is 4.22. The lowest BCUT2D eigenvalue weighted by molar-refractivity contribution is -0.149. The van der Waals surface area contributed by atoms with E-state index >= 15 is 0 Å². The minimum absolute atomic E-state index is 0.0321. The zero-order valence-corrected chi connectivity index (χ0v) is 9.05. The molecule has 1 saturated heterocycles. The van der Waals surface area contributed by atoms with Gasteiger partial charge in [0.25, 0.3) is 0 Å². The Morgan fingerprint density at radius 2 is 2.36 bits per heavy atom. The minimum atomic E-state index is -0.155. The zero-order valence-electron chi connectivity index (χ0n) is 6.89. The third-order valence-corrected chi connectivity index (χ3v) is 3.64. The topological polar surface area (TPSA) is 26.3 Å². The first-order valence-corrected chi connectivity index (χ1v) is 5.41. The van der Waals surface area contributed by atoms with Crippen molar-refractivity contribution in [1.29, 1.82) is 0 Å². The van der Waals surface area contributed by atoms with Gasteiger partial charge in [0, 0.05) is 10.8 Å². The van der Waals surface area contributed by atoms with Crippen molar-refractivity contribution in [3.8, 4) is 0 Å². The van der Waals surface area contributed by atoms with Crippen molar-refractivity contribution in [3.05, 3.63) is 0 Å². The lowest BCUT2D eigenvalue weighted by Crippen LogP contribution is -2.36. The molecule has 0 aromatic heterocycles. The largest absolute Gasteiger partial charge is 0.458 e. The van der Waals surface area contributed by atoms with E-state index in [1.807, 2.05) is 0 Å². The number of carbonyl (C=O) groups excluding carboxylic acids is 1. The Morgan fingerprint density at radius 3 is 2.55 bits per heavy atom. The third-order valence-electron chi connectivity index (χ3n) is 2.35. The lowest BCUT2D eigenvalue weighted by Gasteiger charge is -2.29. The first-order valence-electron chi connectivity index (χ1n) is 3.88. The van der Waals surface area contributed by atoms with Crippen LogP contribution in [0.5, 0.6) is 0 Å². The summed E-state index contributed by atoms with van der Waals surface area (Å²) < 4.78 is 6.22. The van der Waals surface area contributed by atoms with Gasteiger partial charge in [-0.25, -0.2) is 0 Å². The highest BCUT2D eigenvalue weighted by Crippen LogP contribution is 2.35. The van der Waals surface area contributed by atoms with Crippen LogP contribution in [0.1, 0.15) is 26.7 Å². The summed E-state index contributed by atoms with van der Waals surface area (Å²) in [5.41, 5.74) is -0.155. The van der Waals surface area contributed by atoms with E-state index in [1.165, 1.54) is 0 Å². The molecule has 1 atom stereocenters. The maximum absolute atomic E-state index is 10.9. The van der Waals surface area contributed by atoms with E-state index in [-0.39, 0.29) is 11.6 Å². The highest BCUT2D eigenvalue weighted by Gasteiger charge is 2.41. The van der Waals surface area contributed by atoms with E-state index in [0.29, 0.717) is 12.3 Å². The van der Waals surface area contributed by atoms with Crippen LogP contribution in [0, 0.1) is 5.92 Å². The molecule has 0 spiro atoms. The van der Waals surface area contributed by atoms with E-state index in [0.717, 1.165) is 10.8 Å². The van der Waals surface area contributed by atoms with E-state index in [4.69, 9.17) is 4.74 Å². The first-order chi connectivity index (χ1) is 5.10. The number of carbonyl (C=O) groups is 1. The summed E-state index contributed by atoms with van der Waals surface area (Å²) >= 11 is 2.29. The van der Waals surface area contributed by atoms with Crippen molar-refractivity contribution < 1.29 is 9.53 Å². The van der Waals surface area contributed by atoms with Crippen LogP contribution in [-0.4, -0.2) is 16.0 Å². The van der Waals surface area contributed by atoms with Gasteiger partial charge >= 0.3 is 5.97 Å². The van der Waals surface area contributed by atoms with E-state index in [2.05, 4.69) is 36.4 Å². The molecular weight excluding hydrogens is 255 g/mol. The predicted octanol–water partition coefficient (Wildman–Crippen LogP) is 2.15.